The van der Waals surface area contributed by atoms with Crippen LogP contribution in [0, 0.1) is 0 Å². The van der Waals surface area contributed by atoms with Gasteiger partial charge in [-0.1, -0.05) is 64.6 Å². The Morgan fingerprint density at radius 1 is 1.00 bits per heavy atom. The van der Waals surface area contributed by atoms with Crippen LogP contribution < -0.4 is 5.73 Å². The zero-order valence-electron chi connectivity index (χ0n) is 12.8. The molecule has 0 fully saturated rings. The van der Waals surface area contributed by atoms with Crippen LogP contribution in [0.15, 0.2) is 36.4 Å². The van der Waals surface area contributed by atoms with Gasteiger partial charge >= 0.3 is 6.18 Å². The average Bonchev–Trinajstić information content (AvgIpc) is 2.51. The zero-order chi connectivity index (χ0) is 19.6. The lowest BCUT2D eigenvalue weighted by atomic mass is 9.97. The summed E-state index contributed by atoms with van der Waals surface area (Å²) >= 11 is 23.3. The van der Waals surface area contributed by atoms with E-state index in [1.54, 1.807) is 0 Å². The molecule has 0 radical (unpaired) electrons. The van der Waals surface area contributed by atoms with Gasteiger partial charge in [0.25, 0.3) is 0 Å². The van der Waals surface area contributed by atoms with Crippen LogP contribution in [0.3, 0.4) is 0 Å². The highest BCUT2D eigenvalue weighted by Crippen LogP contribution is 2.41. The van der Waals surface area contributed by atoms with Gasteiger partial charge < -0.3 is 5.73 Å². The molecule has 1 atom stereocenters. The minimum Gasteiger partial charge on any atom is -0.366 e. The van der Waals surface area contributed by atoms with Crippen LogP contribution in [0.2, 0.25) is 20.1 Å². The molecule has 2 aromatic rings. The Balaban J connectivity index is 2.42. The third-order valence-corrected chi connectivity index (χ3v) is 4.97. The summed E-state index contributed by atoms with van der Waals surface area (Å²) in [5, 5.41) is -0.132. The fourth-order valence-corrected chi connectivity index (χ4v) is 3.10. The van der Waals surface area contributed by atoms with E-state index < -0.39 is 18.0 Å². The van der Waals surface area contributed by atoms with Crippen LogP contribution in [-0.4, -0.2) is 12.1 Å². The molecule has 1 amide bonds. The van der Waals surface area contributed by atoms with Gasteiger partial charge in [0.2, 0.25) is 5.91 Å². The van der Waals surface area contributed by atoms with Gasteiger partial charge in [0.05, 0.1) is 31.6 Å². The molecule has 0 aliphatic carbocycles. The molecule has 2 aromatic carbocycles. The first-order valence-corrected chi connectivity index (χ1v) is 8.50. The Kier molecular flexibility index (Phi) is 6.51. The molecule has 2 nitrogen and oxygen atoms in total. The van der Waals surface area contributed by atoms with E-state index in [-0.39, 0.29) is 31.2 Å². The van der Waals surface area contributed by atoms with Gasteiger partial charge in [0, 0.05) is 0 Å². The Morgan fingerprint density at radius 3 is 2.04 bits per heavy atom. The number of carbonyl (C=O) groups excluding carboxylic acids is 1. The molecule has 0 aliphatic heterocycles. The summed E-state index contributed by atoms with van der Waals surface area (Å²) in [6, 6.07) is 6.33. The van der Waals surface area contributed by atoms with E-state index >= 15 is 0 Å². The molecule has 1 unspecified atom stereocenters. The van der Waals surface area contributed by atoms with Gasteiger partial charge in [0.1, 0.15) is 0 Å². The predicted octanol–water partition coefficient (Wildman–Crippen LogP) is 6.76. The monoisotopic (exact) mass is 441 g/mol. The molecule has 26 heavy (non-hydrogen) atoms. The summed E-state index contributed by atoms with van der Waals surface area (Å²) in [4.78, 5) is 11.1. The zero-order valence-corrected chi connectivity index (χ0v) is 15.8. The number of hydrogen-bond acceptors (Lipinski definition) is 1. The number of rotatable bonds is 4. The van der Waals surface area contributed by atoms with Gasteiger partial charge in [-0.05, 0) is 35.4 Å². The topological polar surface area (TPSA) is 43.1 Å². The lowest BCUT2D eigenvalue weighted by Crippen LogP contribution is -2.19. The van der Waals surface area contributed by atoms with Crippen molar-refractivity contribution in [2.75, 3.05) is 0 Å². The second kappa shape index (κ2) is 8.09. The first-order chi connectivity index (χ1) is 12.0. The summed E-state index contributed by atoms with van der Waals surface area (Å²) in [5.74, 6) is -2.70. The van der Waals surface area contributed by atoms with Crippen LogP contribution in [0.25, 0.3) is 6.08 Å². The van der Waals surface area contributed by atoms with Gasteiger partial charge in [-0.3, -0.25) is 4.79 Å². The van der Waals surface area contributed by atoms with E-state index in [0.717, 1.165) is 18.2 Å². The van der Waals surface area contributed by atoms with Crippen molar-refractivity contribution in [3.63, 3.8) is 0 Å². The molecular weight excluding hydrogens is 433 g/mol. The molecule has 0 heterocycles. The number of halogens is 7. The Hall–Kier alpha value is -1.40. The Bertz CT molecular complexity index is 858. The van der Waals surface area contributed by atoms with Crippen molar-refractivity contribution in [2.24, 2.45) is 5.73 Å². The molecule has 0 aromatic heterocycles. The quantitative estimate of drug-likeness (QED) is 0.522. The number of primary amides is 1. The minimum absolute atomic E-state index is 0.0178. The first-order valence-electron chi connectivity index (χ1n) is 6.99. The maximum absolute atomic E-state index is 13.5. The molecule has 0 saturated carbocycles. The van der Waals surface area contributed by atoms with E-state index in [4.69, 9.17) is 52.1 Å². The normalized spacial score (nSPS) is 13.2. The van der Waals surface area contributed by atoms with Gasteiger partial charge in [-0.15, -0.1) is 0 Å². The highest BCUT2D eigenvalue weighted by Gasteiger charge is 2.39. The molecule has 9 heteroatoms. The average molecular weight is 443 g/mol. The highest BCUT2D eigenvalue weighted by atomic mass is 35.5. The van der Waals surface area contributed by atoms with Crippen molar-refractivity contribution in [3.05, 3.63) is 73.2 Å². The number of carbonyl (C=O) groups is 1. The number of benzene rings is 2. The van der Waals surface area contributed by atoms with Gasteiger partial charge in [-0.2, -0.15) is 13.2 Å². The molecule has 2 rings (SSSR count). The smallest absolute Gasteiger partial charge is 0.366 e. The van der Waals surface area contributed by atoms with Crippen LogP contribution in [-0.2, 0) is 0 Å². The van der Waals surface area contributed by atoms with Crippen molar-refractivity contribution in [3.8, 4) is 0 Å². The molecule has 0 saturated heterocycles. The van der Waals surface area contributed by atoms with Crippen LogP contribution in [0.4, 0.5) is 13.2 Å². The number of hydrogen-bond donors (Lipinski definition) is 1. The second-order valence-electron chi connectivity index (χ2n) is 5.28. The van der Waals surface area contributed by atoms with Crippen molar-refractivity contribution in [1.82, 2.24) is 0 Å². The van der Waals surface area contributed by atoms with Gasteiger partial charge in [-0.25, -0.2) is 0 Å². The lowest BCUT2D eigenvalue weighted by molar-refractivity contribution is -0.139. The molecule has 0 spiro atoms. The van der Waals surface area contributed by atoms with Crippen LogP contribution >= 0.6 is 46.4 Å². The second-order valence-corrected chi connectivity index (χ2v) is 6.88. The third kappa shape index (κ3) is 4.86. The fourth-order valence-electron chi connectivity index (χ4n) is 2.21. The maximum Gasteiger partial charge on any atom is 0.399 e. The summed E-state index contributed by atoms with van der Waals surface area (Å²) in [6.07, 6.45) is -2.43. The van der Waals surface area contributed by atoms with Crippen molar-refractivity contribution in [2.45, 2.75) is 12.1 Å². The predicted molar refractivity (Wildman–Crippen MR) is 99.3 cm³/mol. The number of nitrogens with two attached hydrogens (primary N) is 1. The van der Waals surface area contributed by atoms with Gasteiger partial charge in [0.15, 0.2) is 0 Å². The molecule has 138 valence electrons. The molecule has 0 bridgehead atoms. The van der Waals surface area contributed by atoms with E-state index in [9.17, 15) is 18.0 Å². The number of alkyl halides is 3. The summed E-state index contributed by atoms with van der Waals surface area (Å²) in [7, 11) is 0. The molecule has 0 aliphatic rings. The number of allylic oxidation sites excluding steroid dienone is 1. The van der Waals surface area contributed by atoms with Crippen molar-refractivity contribution < 1.29 is 18.0 Å². The minimum atomic E-state index is -4.59. The summed E-state index contributed by atoms with van der Waals surface area (Å²) < 4.78 is 40.4. The van der Waals surface area contributed by atoms with Crippen molar-refractivity contribution in [1.29, 1.82) is 0 Å². The Labute approximate surface area is 167 Å². The summed E-state index contributed by atoms with van der Waals surface area (Å²) in [6.45, 7) is 0. The van der Waals surface area contributed by atoms with E-state index in [2.05, 4.69) is 0 Å². The Morgan fingerprint density at radius 2 is 1.58 bits per heavy atom. The maximum atomic E-state index is 13.5. The largest absolute Gasteiger partial charge is 0.399 e. The van der Waals surface area contributed by atoms with E-state index in [0.29, 0.717) is 5.56 Å². The van der Waals surface area contributed by atoms with Crippen LogP contribution in [0.5, 0.6) is 0 Å². The molecule has 2 N–H and O–H groups in total. The van der Waals surface area contributed by atoms with Crippen LogP contribution in [0.1, 0.15) is 27.4 Å². The fraction of sp³-hybridized carbons (Fsp3) is 0.118. The number of amides is 1. The first kappa shape index (κ1) is 20.9. The van der Waals surface area contributed by atoms with Crippen molar-refractivity contribution >= 4 is 58.4 Å². The standard InChI is InChI=1S/C17H10Cl4F3NO/c18-12-5-8(1-3-10(12)16(25)26)2-4-11(17(22,23)24)9-6-13(19)15(21)14(20)7-9/h1-7,11H,(H2,25,26)/b4-2+. The highest BCUT2D eigenvalue weighted by molar-refractivity contribution is 6.48. The molecular formula is C17H10Cl4F3NO. The van der Waals surface area contributed by atoms with E-state index in [1.165, 1.54) is 24.3 Å². The SMILES string of the molecule is NC(=O)c1ccc(/C=C/C(c2cc(Cl)c(Cl)c(Cl)c2)C(F)(F)F)cc1Cl. The van der Waals surface area contributed by atoms with E-state index in [1.807, 2.05) is 0 Å². The lowest BCUT2D eigenvalue weighted by Gasteiger charge is -2.18. The summed E-state index contributed by atoms with van der Waals surface area (Å²) in [5.41, 5.74) is 5.41. The third-order valence-electron chi connectivity index (χ3n) is 3.46.